The number of benzene rings is 1. The minimum Gasteiger partial charge on any atom is -0.352 e. The maximum Gasteiger partial charge on any atom is 0.237 e. The molecule has 3 aliphatic rings. The van der Waals surface area contributed by atoms with E-state index in [2.05, 4.69) is 41.4 Å². The lowest BCUT2D eigenvalue weighted by Crippen LogP contribution is -2.56. The van der Waals surface area contributed by atoms with Crippen LogP contribution in [0.15, 0.2) is 24.3 Å². The summed E-state index contributed by atoms with van der Waals surface area (Å²) < 4.78 is 0. The smallest absolute Gasteiger partial charge is 0.237 e. The van der Waals surface area contributed by atoms with Crippen molar-refractivity contribution >= 4 is 11.8 Å². The first kappa shape index (κ1) is 19.4. The molecule has 1 unspecified atom stereocenters. The van der Waals surface area contributed by atoms with Gasteiger partial charge in [0.1, 0.15) is 0 Å². The third-order valence-corrected chi connectivity index (χ3v) is 6.83. The molecule has 0 spiro atoms. The fourth-order valence-electron chi connectivity index (χ4n) is 4.86. The van der Waals surface area contributed by atoms with Crippen LogP contribution in [0.5, 0.6) is 0 Å². The van der Waals surface area contributed by atoms with Gasteiger partial charge in [-0.25, -0.2) is 0 Å². The van der Waals surface area contributed by atoms with Gasteiger partial charge in [0.25, 0.3) is 0 Å². The number of nitrogens with zero attached hydrogens (tertiary/aromatic N) is 2. The molecule has 2 saturated carbocycles. The molecule has 28 heavy (non-hydrogen) atoms. The predicted molar refractivity (Wildman–Crippen MR) is 110 cm³/mol. The number of amides is 2. The highest BCUT2D eigenvalue weighted by Crippen LogP contribution is 2.48. The molecule has 0 aromatic heterocycles. The van der Waals surface area contributed by atoms with E-state index >= 15 is 0 Å². The van der Waals surface area contributed by atoms with Crippen molar-refractivity contribution in [2.75, 3.05) is 26.2 Å². The molecule has 1 saturated heterocycles. The van der Waals surface area contributed by atoms with E-state index in [9.17, 15) is 9.59 Å². The molecule has 1 aromatic carbocycles. The zero-order chi connectivity index (χ0) is 19.7. The molecular formula is C23H33N3O2. The Labute approximate surface area is 168 Å². The van der Waals surface area contributed by atoms with E-state index in [0.29, 0.717) is 17.9 Å². The Morgan fingerprint density at radius 2 is 1.82 bits per heavy atom. The van der Waals surface area contributed by atoms with Gasteiger partial charge in [0, 0.05) is 38.1 Å². The second-order valence-corrected chi connectivity index (χ2v) is 8.89. The summed E-state index contributed by atoms with van der Waals surface area (Å²) >= 11 is 0. The van der Waals surface area contributed by atoms with Crippen molar-refractivity contribution < 1.29 is 9.59 Å². The number of piperazine rings is 1. The Kier molecular flexibility index (Phi) is 5.72. The van der Waals surface area contributed by atoms with Crippen LogP contribution in [0.1, 0.15) is 56.1 Å². The molecule has 2 amide bonds. The van der Waals surface area contributed by atoms with Crippen LogP contribution >= 0.6 is 0 Å². The summed E-state index contributed by atoms with van der Waals surface area (Å²) in [4.78, 5) is 29.7. The van der Waals surface area contributed by atoms with E-state index in [1.54, 1.807) is 0 Å². The van der Waals surface area contributed by atoms with Crippen LogP contribution in [0.4, 0.5) is 0 Å². The van der Waals surface area contributed by atoms with Gasteiger partial charge < -0.3 is 10.2 Å². The second-order valence-electron chi connectivity index (χ2n) is 8.89. The first-order chi connectivity index (χ1) is 13.5. The van der Waals surface area contributed by atoms with E-state index in [0.717, 1.165) is 45.4 Å². The van der Waals surface area contributed by atoms with Crippen molar-refractivity contribution in [1.82, 2.24) is 15.1 Å². The summed E-state index contributed by atoms with van der Waals surface area (Å²) in [5, 5.41) is 3.21. The van der Waals surface area contributed by atoms with Gasteiger partial charge >= 0.3 is 0 Å². The molecule has 1 heterocycles. The molecule has 1 N–H and O–H groups in total. The highest BCUT2D eigenvalue weighted by molar-refractivity contribution is 5.83. The summed E-state index contributed by atoms with van der Waals surface area (Å²) in [6, 6.07) is 8.80. The maximum atomic E-state index is 12.9. The second kappa shape index (κ2) is 8.24. The molecule has 1 aliphatic heterocycles. The minimum atomic E-state index is -0.112. The zero-order valence-corrected chi connectivity index (χ0v) is 17.2. The summed E-state index contributed by atoms with van der Waals surface area (Å²) in [5.74, 6) is 0.987. The number of nitrogens with one attached hydrogen (secondary N) is 1. The van der Waals surface area contributed by atoms with Crippen LogP contribution in [0.25, 0.3) is 0 Å². The lowest BCUT2D eigenvalue weighted by molar-refractivity contribution is -0.135. The van der Waals surface area contributed by atoms with Crippen LogP contribution in [0.3, 0.4) is 0 Å². The zero-order valence-electron chi connectivity index (χ0n) is 17.2. The topological polar surface area (TPSA) is 52.7 Å². The Morgan fingerprint density at radius 1 is 1.11 bits per heavy atom. The van der Waals surface area contributed by atoms with E-state index in [1.807, 2.05) is 11.8 Å². The summed E-state index contributed by atoms with van der Waals surface area (Å²) in [7, 11) is 0. The average molecular weight is 384 g/mol. The first-order valence-corrected chi connectivity index (χ1v) is 10.9. The summed E-state index contributed by atoms with van der Waals surface area (Å²) in [6.45, 7) is 7.13. The van der Waals surface area contributed by atoms with E-state index in [-0.39, 0.29) is 17.9 Å². The first-order valence-electron chi connectivity index (χ1n) is 10.9. The fraction of sp³-hybridized carbons (Fsp3) is 0.652. The highest BCUT2D eigenvalue weighted by atomic mass is 16.2. The molecule has 5 nitrogen and oxygen atoms in total. The van der Waals surface area contributed by atoms with E-state index < -0.39 is 0 Å². The normalized spacial score (nSPS) is 26.9. The van der Waals surface area contributed by atoms with Crippen LogP contribution in [-0.2, 0) is 9.59 Å². The number of aryl methyl sites for hydroxylation is 1. The van der Waals surface area contributed by atoms with Crippen molar-refractivity contribution in [3.8, 4) is 0 Å². The van der Waals surface area contributed by atoms with Gasteiger partial charge in [0.15, 0.2) is 0 Å². The summed E-state index contributed by atoms with van der Waals surface area (Å²) in [6.07, 6.45) is 5.66. The number of hydrogen-bond donors (Lipinski definition) is 1. The SMILES string of the molecule is Cc1cccc([C@@H]2C[C@H]2C(=O)N2CCN(C(C)C(=O)NC3CCCC3)CC2)c1. The highest BCUT2D eigenvalue weighted by Gasteiger charge is 2.46. The quantitative estimate of drug-likeness (QED) is 0.851. The van der Waals surface area contributed by atoms with Crippen molar-refractivity contribution in [2.45, 2.75) is 64.0 Å². The van der Waals surface area contributed by atoms with Crippen molar-refractivity contribution in [3.63, 3.8) is 0 Å². The van der Waals surface area contributed by atoms with Crippen LogP contribution in [0, 0.1) is 12.8 Å². The molecule has 0 radical (unpaired) electrons. The fourth-order valence-corrected chi connectivity index (χ4v) is 4.86. The van der Waals surface area contributed by atoms with Crippen molar-refractivity contribution in [1.29, 1.82) is 0 Å². The third-order valence-electron chi connectivity index (χ3n) is 6.83. The Bertz CT molecular complexity index is 720. The van der Waals surface area contributed by atoms with Crippen LogP contribution in [-0.4, -0.2) is 59.9 Å². The molecule has 0 bridgehead atoms. The predicted octanol–water partition coefficient (Wildman–Crippen LogP) is 2.69. The van der Waals surface area contributed by atoms with Crippen molar-refractivity contribution in [2.24, 2.45) is 5.92 Å². The average Bonchev–Trinajstić information content (AvgIpc) is 3.35. The largest absolute Gasteiger partial charge is 0.352 e. The van der Waals surface area contributed by atoms with Crippen molar-refractivity contribution in [3.05, 3.63) is 35.4 Å². The monoisotopic (exact) mass is 383 g/mol. The Morgan fingerprint density at radius 3 is 2.50 bits per heavy atom. The van der Waals surface area contributed by atoms with Gasteiger partial charge in [-0.2, -0.15) is 0 Å². The van der Waals surface area contributed by atoms with Gasteiger partial charge in [0.05, 0.1) is 6.04 Å². The van der Waals surface area contributed by atoms with Gasteiger partial charge in [-0.05, 0) is 44.6 Å². The van der Waals surface area contributed by atoms with E-state index in [4.69, 9.17) is 0 Å². The van der Waals surface area contributed by atoms with Gasteiger partial charge in [-0.15, -0.1) is 0 Å². The molecule has 4 rings (SSSR count). The lowest BCUT2D eigenvalue weighted by atomic mass is 10.1. The van der Waals surface area contributed by atoms with E-state index in [1.165, 1.54) is 24.0 Å². The molecule has 3 atom stereocenters. The molecular weight excluding hydrogens is 350 g/mol. The Hall–Kier alpha value is -1.88. The maximum absolute atomic E-state index is 12.9. The number of carbonyl (C=O) groups excluding carboxylic acids is 2. The van der Waals surface area contributed by atoms with Crippen LogP contribution in [0.2, 0.25) is 0 Å². The third kappa shape index (κ3) is 4.24. The Balaban J connectivity index is 1.25. The minimum absolute atomic E-state index is 0.112. The number of rotatable bonds is 5. The molecule has 3 fully saturated rings. The van der Waals surface area contributed by atoms with Gasteiger partial charge in [-0.1, -0.05) is 42.7 Å². The molecule has 1 aromatic rings. The van der Waals surface area contributed by atoms with Gasteiger partial charge in [-0.3, -0.25) is 14.5 Å². The summed E-state index contributed by atoms with van der Waals surface area (Å²) in [5.41, 5.74) is 2.56. The molecule has 5 heteroatoms. The lowest BCUT2D eigenvalue weighted by Gasteiger charge is -2.38. The molecule has 2 aliphatic carbocycles. The standard InChI is InChI=1S/C23H33N3O2/c1-16-6-5-7-18(14-16)20-15-21(20)23(28)26-12-10-25(11-13-26)17(2)22(27)24-19-8-3-4-9-19/h5-7,14,17,19-21H,3-4,8-13,15H2,1-2H3,(H,24,27)/t17?,20-,21+/m0/s1. The number of hydrogen-bond acceptors (Lipinski definition) is 3. The molecule has 152 valence electrons. The number of carbonyl (C=O) groups is 2. The van der Waals surface area contributed by atoms with Crippen LogP contribution < -0.4 is 5.32 Å². The van der Waals surface area contributed by atoms with Gasteiger partial charge in [0.2, 0.25) is 11.8 Å².